The number of nitrogens with zero attached hydrogens (tertiary/aromatic N) is 2. The number of rotatable bonds is 2. The molecule has 0 atom stereocenters. The number of carbonyl (C=O) groups is 1. The summed E-state index contributed by atoms with van der Waals surface area (Å²) in [5, 5.41) is 4.78. The van der Waals surface area contributed by atoms with Crippen LogP contribution in [0.3, 0.4) is 0 Å². The Morgan fingerprint density at radius 2 is 1.71 bits per heavy atom. The lowest BCUT2D eigenvalue weighted by atomic mass is 10.2. The molecule has 0 aliphatic heterocycles. The number of benzene rings is 1. The maximum Gasteiger partial charge on any atom is 0.416 e. The van der Waals surface area contributed by atoms with Crippen molar-refractivity contribution in [3.8, 4) is 0 Å². The quantitative estimate of drug-likeness (QED) is 0.853. The van der Waals surface area contributed by atoms with E-state index < -0.39 is 17.8 Å². The molecule has 0 bridgehead atoms. The molecule has 1 aromatic heterocycles. The van der Waals surface area contributed by atoms with Crippen LogP contribution in [0.1, 0.15) is 5.56 Å². The molecule has 0 aliphatic carbocycles. The van der Waals surface area contributed by atoms with Crippen LogP contribution in [0.4, 0.5) is 29.5 Å². The topological polar surface area (TPSA) is 66.9 Å². The van der Waals surface area contributed by atoms with E-state index in [0.717, 1.165) is 24.3 Å². The Morgan fingerprint density at radius 3 is 2.24 bits per heavy atom. The van der Waals surface area contributed by atoms with Gasteiger partial charge in [0.1, 0.15) is 4.60 Å². The molecule has 9 heteroatoms. The number of nitrogens with one attached hydrogen (secondary N) is 2. The number of amides is 2. The Bertz CT molecular complexity index is 628. The molecular weight excluding hydrogens is 353 g/mol. The molecular formula is C12H8BrF3N4O. The van der Waals surface area contributed by atoms with Crippen molar-refractivity contribution in [2.45, 2.75) is 6.18 Å². The van der Waals surface area contributed by atoms with Crippen LogP contribution in [0.2, 0.25) is 0 Å². The first-order valence-electron chi connectivity index (χ1n) is 5.57. The zero-order chi connectivity index (χ0) is 15.5. The minimum Gasteiger partial charge on any atom is -0.308 e. The molecule has 0 unspecified atom stereocenters. The van der Waals surface area contributed by atoms with E-state index in [9.17, 15) is 18.0 Å². The third-order valence-corrected chi connectivity index (χ3v) is 2.74. The zero-order valence-electron chi connectivity index (χ0n) is 10.3. The second kappa shape index (κ2) is 6.08. The van der Waals surface area contributed by atoms with Crippen LogP contribution in [0.25, 0.3) is 0 Å². The highest BCUT2D eigenvalue weighted by atomic mass is 79.9. The summed E-state index contributed by atoms with van der Waals surface area (Å²) in [6.45, 7) is 0. The number of urea groups is 1. The van der Waals surface area contributed by atoms with Gasteiger partial charge in [0.25, 0.3) is 0 Å². The minimum absolute atomic E-state index is 0.211. The van der Waals surface area contributed by atoms with Crippen LogP contribution in [-0.2, 0) is 6.18 Å². The van der Waals surface area contributed by atoms with Crippen molar-refractivity contribution in [2.24, 2.45) is 0 Å². The number of alkyl halides is 3. The molecule has 0 radical (unpaired) electrons. The van der Waals surface area contributed by atoms with Gasteiger partial charge >= 0.3 is 12.2 Å². The van der Waals surface area contributed by atoms with Gasteiger partial charge in [-0.1, -0.05) is 0 Å². The molecule has 0 saturated carbocycles. The fraction of sp³-hybridized carbons (Fsp3) is 0.0833. The van der Waals surface area contributed by atoms with Crippen molar-refractivity contribution in [1.82, 2.24) is 9.97 Å². The fourth-order valence-corrected chi connectivity index (χ4v) is 1.60. The van der Waals surface area contributed by atoms with Gasteiger partial charge in [-0.15, -0.1) is 0 Å². The van der Waals surface area contributed by atoms with Crippen molar-refractivity contribution >= 4 is 33.5 Å². The van der Waals surface area contributed by atoms with E-state index in [-0.39, 0.29) is 11.5 Å². The maximum atomic E-state index is 12.4. The van der Waals surface area contributed by atoms with E-state index in [1.54, 1.807) is 0 Å². The monoisotopic (exact) mass is 360 g/mol. The van der Waals surface area contributed by atoms with E-state index in [2.05, 4.69) is 36.5 Å². The van der Waals surface area contributed by atoms with Gasteiger partial charge in [-0.05, 0) is 40.2 Å². The highest BCUT2D eigenvalue weighted by molar-refractivity contribution is 9.10. The lowest BCUT2D eigenvalue weighted by Crippen LogP contribution is -2.20. The third-order valence-electron chi connectivity index (χ3n) is 2.33. The maximum absolute atomic E-state index is 12.4. The molecule has 2 amide bonds. The Kier molecular flexibility index (Phi) is 4.41. The van der Waals surface area contributed by atoms with Crippen LogP contribution in [0.15, 0.2) is 41.3 Å². The molecule has 110 valence electrons. The first kappa shape index (κ1) is 15.2. The van der Waals surface area contributed by atoms with Crippen molar-refractivity contribution in [3.63, 3.8) is 0 Å². The molecule has 1 aromatic carbocycles. The Morgan fingerprint density at radius 1 is 1.05 bits per heavy atom. The summed E-state index contributed by atoms with van der Waals surface area (Å²) < 4.78 is 37.7. The summed E-state index contributed by atoms with van der Waals surface area (Å²) in [7, 11) is 0. The summed E-state index contributed by atoms with van der Waals surface area (Å²) in [5.41, 5.74) is -0.558. The summed E-state index contributed by atoms with van der Waals surface area (Å²) >= 11 is 3.09. The third kappa shape index (κ3) is 4.42. The van der Waals surface area contributed by atoms with Gasteiger partial charge < -0.3 is 5.32 Å². The first-order chi connectivity index (χ1) is 9.84. The lowest BCUT2D eigenvalue weighted by molar-refractivity contribution is -0.137. The molecule has 0 aliphatic rings. The molecule has 0 spiro atoms. The van der Waals surface area contributed by atoms with Gasteiger partial charge in [-0.25, -0.2) is 14.8 Å². The molecule has 2 rings (SSSR count). The van der Waals surface area contributed by atoms with E-state index in [1.807, 2.05) is 0 Å². The Hall–Kier alpha value is -2.16. The molecule has 2 aromatic rings. The number of halogens is 4. The van der Waals surface area contributed by atoms with Crippen LogP contribution in [0.5, 0.6) is 0 Å². The van der Waals surface area contributed by atoms with Crippen LogP contribution in [0, 0.1) is 0 Å². The number of hydrogen-bond donors (Lipinski definition) is 2. The standard InChI is InChI=1S/C12H8BrF3N4O/c13-9-5-18-10(6-17-9)20-11(21)19-8-3-1-7(2-4-8)12(14,15)16/h1-6H,(H2,18,19,20,21). The number of aromatic nitrogens is 2. The average molecular weight is 361 g/mol. The van der Waals surface area contributed by atoms with Gasteiger partial charge in [-0.3, -0.25) is 5.32 Å². The molecule has 21 heavy (non-hydrogen) atoms. The Balaban J connectivity index is 1.98. The van der Waals surface area contributed by atoms with Crippen molar-refractivity contribution in [3.05, 3.63) is 46.8 Å². The van der Waals surface area contributed by atoms with Crippen LogP contribution < -0.4 is 10.6 Å². The van der Waals surface area contributed by atoms with Gasteiger partial charge in [0, 0.05) is 5.69 Å². The van der Waals surface area contributed by atoms with E-state index in [1.165, 1.54) is 12.4 Å². The molecule has 0 fully saturated rings. The second-order valence-corrected chi connectivity index (χ2v) is 4.69. The van der Waals surface area contributed by atoms with Gasteiger partial charge in [0.05, 0.1) is 18.0 Å². The molecule has 1 heterocycles. The van der Waals surface area contributed by atoms with Gasteiger partial charge in [-0.2, -0.15) is 13.2 Å². The van der Waals surface area contributed by atoms with E-state index in [4.69, 9.17) is 0 Å². The number of anilines is 2. The van der Waals surface area contributed by atoms with Crippen molar-refractivity contribution in [1.29, 1.82) is 0 Å². The predicted octanol–water partition coefficient (Wildman–Crippen LogP) is 3.90. The SMILES string of the molecule is O=C(Nc1ccc(C(F)(F)F)cc1)Nc1cnc(Br)cn1. The zero-order valence-corrected chi connectivity index (χ0v) is 11.9. The molecule has 2 N–H and O–H groups in total. The normalized spacial score (nSPS) is 11.0. The van der Waals surface area contributed by atoms with Crippen LogP contribution >= 0.6 is 15.9 Å². The minimum atomic E-state index is -4.41. The number of hydrogen-bond acceptors (Lipinski definition) is 3. The smallest absolute Gasteiger partial charge is 0.308 e. The van der Waals surface area contributed by atoms with E-state index >= 15 is 0 Å². The summed E-state index contributed by atoms with van der Waals surface area (Å²) in [5.74, 6) is 0.211. The van der Waals surface area contributed by atoms with Crippen molar-refractivity contribution in [2.75, 3.05) is 10.6 Å². The largest absolute Gasteiger partial charge is 0.416 e. The predicted molar refractivity (Wildman–Crippen MR) is 73.8 cm³/mol. The second-order valence-electron chi connectivity index (χ2n) is 3.88. The van der Waals surface area contributed by atoms with E-state index in [0.29, 0.717) is 4.60 Å². The Labute approximate surface area is 125 Å². The summed E-state index contributed by atoms with van der Waals surface area (Å²) in [4.78, 5) is 19.4. The average Bonchev–Trinajstić information content (AvgIpc) is 2.41. The summed E-state index contributed by atoms with van der Waals surface area (Å²) in [6, 6.07) is 3.46. The first-order valence-corrected chi connectivity index (χ1v) is 6.37. The van der Waals surface area contributed by atoms with Crippen LogP contribution in [-0.4, -0.2) is 16.0 Å². The number of carbonyl (C=O) groups excluding carboxylic acids is 1. The van der Waals surface area contributed by atoms with Crippen molar-refractivity contribution < 1.29 is 18.0 Å². The highest BCUT2D eigenvalue weighted by Crippen LogP contribution is 2.29. The molecule has 5 nitrogen and oxygen atoms in total. The lowest BCUT2D eigenvalue weighted by Gasteiger charge is -2.09. The fourth-order valence-electron chi connectivity index (χ4n) is 1.40. The highest BCUT2D eigenvalue weighted by Gasteiger charge is 2.29. The molecule has 0 saturated heterocycles. The van der Waals surface area contributed by atoms with Gasteiger partial charge in [0.15, 0.2) is 5.82 Å². The summed E-state index contributed by atoms with van der Waals surface area (Å²) in [6.07, 6.45) is -1.68. The van der Waals surface area contributed by atoms with Gasteiger partial charge in [0.2, 0.25) is 0 Å².